The van der Waals surface area contributed by atoms with Crippen molar-refractivity contribution >= 4 is 5.91 Å². The smallest absolute Gasteiger partial charge is 0.253 e. The first kappa shape index (κ1) is 12.1. The number of nitrogens with zero attached hydrogens (tertiary/aromatic N) is 1. The van der Waals surface area contributed by atoms with E-state index in [0.717, 1.165) is 11.1 Å². The third kappa shape index (κ3) is 2.67. The number of aryl methyl sites for hydroxylation is 1. The predicted octanol–water partition coefficient (Wildman–Crippen LogP) is 1.84. The van der Waals surface area contributed by atoms with Crippen molar-refractivity contribution in [3.05, 3.63) is 35.4 Å². The lowest BCUT2D eigenvalue weighted by molar-refractivity contribution is 0.0297. The highest BCUT2D eigenvalue weighted by molar-refractivity contribution is 5.94. The van der Waals surface area contributed by atoms with E-state index in [2.05, 4.69) is 0 Å². The van der Waals surface area contributed by atoms with Crippen LogP contribution in [-0.4, -0.2) is 35.1 Å². The van der Waals surface area contributed by atoms with Gasteiger partial charge in [0.15, 0.2) is 0 Å². The van der Waals surface area contributed by atoms with E-state index in [9.17, 15) is 9.90 Å². The average molecular weight is 233 g/mol. The lowest BCUT2D eigenvalue weighted by Gasteiger charge is -2.34. The van der Waals surface area contributed by atoms with Gasteiger partial charge in [-0.15, -0.1) is 0 Å². The Bertz CT molecular complexity index is 416. The maximum absolute atomic E-state index is 12.2. The molecule has 92 valence electrons. The zero-order chi connectivity index (χ0) is 12.4. The first-order valence-corrected chi connectivity index (χ1v) is 6.12. The number of carbonyl (C=O) groups is 1. The zero-order valence-electron chi connectivity index (χ0n) is 10.4. The summed E-state index contributed by atoms with van der Waals surface area (Å²) in [5.41, 5.74) is 1.84. The van der Waals surface area contributed by atoms with Crippen molar-refractivity contribution < 1.29 is 9.90 Å². The molecule has 17 heavy (non-hydrogen) atoms. The Hall–Kier alpha value is -1.35. The summed E-state index contributed by atoms with van der Waals surface area (Å²) in [6.07, 6.45) is 0.412. The lowest BCUT2D eigenvalue weighted by atomic mass is 9.96. The van der Waals surface area contributed by atoms with Crippen molar-refractivity contribution in [2.24, 2.45) is 5.92 Å². The summed E-state index contributed by atoms with van der Waals surface area (Å²) in [4.78, 5) is 14.1. The number of carbonyl (C=O) groups excluding carboxylic acids is 1. The fourth-order valence-corrected chi connectivity index (χ4v) is 2.28. The van der Waals surface area contributed by atoms with Gasteiger partial charge in [-0.05, 0) is 31.4 Å². The molecule has 2 atom stereocenters. The fourth-order valence-electron chi connectivity index (χ4n) is 2.28. The maximum Gasteiger partial charge on any atom is 0.253 e. The first-order chi connectivity index (χ1) is 8.08. The van der Waals surface area contributed by atoms with E-state index < -0.39 is 0 Å². The number of hydrogen-bond acceptors (Lipinski definition) is 2. The van der Waals surface area contributed by atoms with Gasteiger partial charge in [-0.1, -0.05) is 24.6 Å². The number of piperidine rings is 1. The van der Waals surface area contributed by atoms with Gasteiger partial charge in [-0.2, -0.15) is 0 Å². The lowest BCUT2D eigenvalue weighted by Crippen LogP contribution is -2.44. The van der Waals surface area contributed by atoms with Gasteiger partial charge in [0.2, 0.25) is 0 Å². The molecule has 3 nitrogen and oxygen atoms in total. The molecule has 0 radical (unpaired) electrons. The van der Waals surface area contributed by atoms with Gasteiger partial charge < -0.3 is 10.0 Å². The molecular formula is C14H19NO2. The van der Waals surface area contributed by atoms with Gasteiger partial charge in [0, 0.05) is 18.7 Å². The van der Waals surface area contributed by atoms with E-state index in [1.807, 2.05) is 43.0 Å². The quantitative estimate of drug-likeness (QED) is 0.804. The topological polar surface area (TPSA) is 40.5 Å². The second-order valence-corrected chi connectivity index (χ2v) is 4.95. The van der Waals surface area contributed by atoms with Crippen molar-refractivity contribution in [2.75, 3.05) is 13.1 Å². The zero-order valence-corrected chi connectivity index (χ0v) is 10.4. The second kappa shape index (κ2) is 4.88. The number of aliphatic hydroxyl groups is 1. The van der Waals surface area contributed by atoms with Crippen LogP contribution in [0, 0.1) is 12.8 Å². The molecule has 1 saturated heterocycles. The largest absolute Gasteiger partial charge is 0.393 e. The van der Waals surface area contributed by atoms with Crippen LogP contribution in [0.5, 0.6) is 0 Å². The Labute approximate surface area is 102 Å². The molecule has 1 aromatic rings. The van der Waals surface area contributed by atoms with Gasteiger partial charge in [-0.25, -0.2) is 0 Å². The maximum atomic E-state index is 12.2. The Morgan fingerprint density at radius 1 is 1.47 bits per heavy atom. The molecule has 1 N–H and O–H groups in total. The molecule has 1 aliphatic heterocycles. The second-order valence-electron chi connectivity index (χ2n) is 4.95. The normalized spacial score (nSPS) is 24.8. The Morgan fingerprint density at radius 2 is 2.24 bits per heavy atom. The fraction of sp³-hybridized carbons (Fsp3) is 0.500. The van der Waals surface area contributed by atoms with E-state index in [0.29, 0.717) is 19.5 Å². The van der Waals surface area contributed by atoms with Crippen LogP contribution in [0.25, 0.3) is 0 Å². The number of benzene rings is 1. The van der Waals surface area contributed by atoms with E-state index in [1.54, 1.807) is 0 Å². The summed E-state index contributed by atoms with van der Waals surface area (Å²) in [5.74, 6) is 0.241. The summed E-state index contributed by atoms with van der Waals surface area (Å²) in [6, 6.07) is 7.66. The Morgan fingerprint density at radius 3 is 2.88 bits per heavy atom. The van der Waals surface area contributed by atoms with Gasteiger partial charge in [0.25, 0.3) is 5.91 Å². The van der Waals surface area contributed by atoms with Gasteiger partial charge in [-0.3, -0.25) is 4.79 Å². The molecule has 0 aromatic heterocycles. The van der Waals surface area contributed by atoms with Crippen LogP contribution in [0.3, 0.4) is 0 Å². The van der Waals surface area contributed by atoms with E-state index in [4.69, 9.17) is 0 Å². The molecule has 2 rings (SSSR count). The van der Waals surface area contributed by atoms with Crippen LogP contribution in [0.15, 0.2) is 24.3 Å². The molecule has 0 spiro atoms. The van der Waals surface area contributed by atoms with Gasteiger partial charge in [0.05, 0.1) is 6.10 Å². The van der Waals surface area contributed by atoms with Crippen LogP contribution >= 0.6 is 0 Å². The van der Waals surface area contributed by atoms with Crippen LogP contribution in [-0.2, 0) is 0 Å². The van der Waals surface area contributed by atoms with Crippen LogP contribution in [0.1, 0.15) is 29.3 Å². The molecule has 1 heterocycles. The minimum absolute atomic E-state index is 0.0763. The summed E-state index contributed by atoms with van der Waals surface area (Å²) >= 11 is 0. The van der Waals surface area contributed by atoms with Crippen molar-refractivity contribution in [2.45, 2.75) is 26.4 Å². The molecule has 1 amide bonds. The first-order valence-electron chi connectivity index (χ1n) is 6.12. The van der Waals surface area contributed by atoms with Gasteiger partial charge in [0.1, 0.15) is 0 Å². The van der Waals surface area contributed by atoms with Crippen molar-refractivity contribution in [1.29, 1.82) is 0 Å². The summed E-state index contributed by atoms with van der Waals surface area (Å²) in [5, 5.41) is 9.65. The number of hydrogen-bond donors (Lipinski definition) is 1. The molecule has 3 heteroatoms. The van der Waals surface area contributed by atoms with Crippen LogP contribution in [0.2, 0.25) is 0 Å². The SMILES string of the molecule is Cc1cccc(C(=O)N2CCC(O)C(C)C2)c1. The highest BCUT2D eigenvalue weighted by Gasteiger charge is 2.27. The van der Waals surface area contributed by atoms with E-state index in [-0.39, 0.29) is 17.9 Å². The standard InChI is InChI=1S/C14H19NO2/c1-10-4-3-5-12(8-10)14(17)15-7-6-13(16)11(2)9-15/h3-5,8,11,13,16H,6-7,9H2,1-2H3. The summed E-state index contributed by atoms with van der Waals surface area (Å²) < 4.78 is 0. The molecule has 0 aliphatic carbocycles. The van der Waals surface area contributed by atoms with Crippen LogP contribution < -0.4 is 0 Å². The summed E-state index contributed by atoms with van der Waals surface area (Å²) in [7, 11) is 0. The highest BCUT2D eigenvalue weighted by Crippen LogP contribution is 2.19. The highest BCUT2D eigenvalue weighted by atomic mass is 16.3. The van der Waals surface area contributed by atoms with Crippen molar-refractivity contribution in [3.63, 3.8) is 0 Å². The van der Waals surface area contributed by atoms with Crippen molar-refractivity contribution in [3.8, 4) is 0 Å². The van der Waals surface area contributed by atoms with E-state index >= 15 is 0 Å². The predicted molar refractivity (Wildman–Crippen MR) is 66.9 cm³/mol. The van der Waals surface area contributed by atoms with E-state index in [1.165, 1.54) is 0 Å². The number of aliphatic hydroxyl groups excluding tert-OH is 1. The minimum Gasteiger partial charge on any atom is -0.393 e. The molecule has 0 saturated carbocycles. The minimum atomic E-state index is -0.267. The molecule has 1 fully saturated rings. The molecule has 1 aliphatic rings. The van der Waals surface area contributed by atoms with Crippen molar-refractivity contribution in [1.82, 2.24) is 4.90 Å². The monoisotopic (exact) mass is 233 g/mol. The number of likely N-dealkylation sites (tertiary alicyclic amines) is 1. The number of rotatable bonds is 1. The third-order valence-electron chi connectivity index (χ3n) is 3.41. The third-order valence-corrected chi connectivity index (χ3v) is 3.41. The molecule has 0 bridgehead atoms. The Kier molecular flexibility index (Phi) is 3.48. The Balaban J connectivity index is 2.10. The molecule has 2 unspecified atom stereocenters. The van der Waals surface area contributed by atoms with Crippen LogP contribution in [0.4, 0.5) is 0 Å². The van der Waals surface area contributed by atoms with Gasteiger partial charge >= 0.3 is 0 Å². The summed E-state index contributed by atoms with van der Waals surface area (Å²) in [6.45, 7) is 5.27. The molecule has 1 aromatic carbocycles. The molecular weight excluding hydrogens is 214 g/mol. The average Bonchev–Trinajstić information content (AvgIpc) is 2.32. The number of amides is 1.